The number of piperazine rings is 1. The van der Waals surface area contributed by atoms with Crippen LogP contribution in [0.3, 0.4) is 0 Å². The van der Waals surface area contributed by atoms with Gasteiger partial charge >= 0.3 is 0 Å². The van der Waals surface area contributed by atoms with Gasteiger partial charge in [0, 0.05) is 10.6 Å². The van der Waals surface area contributed by atoms with Crippen LogP contribution in [0.15, 0.2) is 24.3 Å². The molecule has 0 spiro atoms. The zero-order valence-electron chi connectivity index (χ0n) is 17.8. The zero-order valence-corrected chi connectivity index (χ0v) is 18.6. The van der Waals surface area contributed by atoms with E-state index in [-0.39, 0.29) is 6.10 Å². The Balaban J connectivity index is 1.34. The molecule has 1 aromatic rings. The summed E-state index contributed by atoms with van der Waals surface area (Å²) in [5.41, 5.74) is 1.71. The molecule has 2 aliphatic rings. The number of aliphatic hydroxyl groups is 1. The van der Waals surface area contributed by atoms with Crippen molar-refractivity contribution in [2.75, 3.05) is 39.3 Å². The molecular weight excluding hydrogens is 372 g/mol. The van der Waals surface area contributed by atoms with Gasteiger partial charge in [-0.15, -0.1) is 0 Å². The molecule has 3 rings (SSSR count). The maximum atomic E-state index is 10.5. The normalized spacial score (nSPS) is 31.5. The smallest absolute Gasteiger partial charge is 0.127 e. The minimum absolute atomic E-state index is 0.309. The minimum atomic E-state index is -0.354. The fourth-order valence-electron chi connectivity index (χ4n) is 5.25. The molecule has 1 aliphatic carbocycles. The highest BCUT2D eigenvalue weighted by molar-refractivity contribution is 6.30. The van der Waals surface area contributed by atoms with E-state index in [1.165, 1.54) is 16.9 Å². The maximum Gasteiger partial charge on any atom is 0.127 e. The summed E-state index contributed by atoms with van der Waals surface area (Å²) in [5, 5.41) is 11.3. The molecule has 1 saturated heterocycles. The first-order valence-corrected chi connectivity index (χ1v) is 11.4. The Bertz CT molecular complexity index is 599. The van der Waals surface area contributed by atoms with Gasteiger partial charge in [-0.2, -0.15) is 0 Å². The first-order chi connectivity index (χ1) is 13.3. The predicted molar refractivity (Wildman–Crippen MR) is 114 cm³/mol. The molecule has 1 aliphatic heterocycles. The molecule has 0 unspecified atom stereocenters. The lowest BCUT2D eigenvalue weighted by Gasteiger charge is -2.39. The number of nitrogens with one attached hydrogen (secondary N) is 2. The Morgan fingerprint density at radius 3 is 2.39 bits per heavy atom. The van der Waals surface area contributed by atoms with Gasteiger partial charge in [0.2, 0.25) is 0 Å². The van der Waals surface area contributed by atoms with E-state index in [1.54, 1.807) is 4.90 Å². The van der Waals surface area contributed by atoms with Crippen LogP contribution < -0.4 is 9.80 Å². The van der Waals surface area contributed by atoms with Gasteiger partial charge in [0.25, 0.3) is 0 Å². The van der Waals surface area contributed by atoms with Crippen molar-refractivity contribution < 1.29 is 19.6 Å². The fourth-order valence-corrected chi connectivity index (χ4v) is 5.38. The Kier molecular flexibility index (Phi) is 7.80. The van der Waals surface area contributed by atoms with E-state index in [2.05, 4.69) is 32.9 Å². The number of quaternary nitrogens is 2. The lowest BCUT2D eigenvalue weighted by Crippen LogP contribution is -3.28. The predicted octanol–water partition coefficient (Wildman–Crippen LogP) is 1.22. The van der Waals surface area contributed by atoms with Gasteiger partial charge in [-0.1, -0.05) is 44.5 Å². The third kappa shape index (κ3) is 7.00. The standard InChI is InChI=1S/C23H37ClN2O2/c1-18-12-22(14-23(2,3)13-18)28-17-21(27)16-26-10-8-25(9-11-26)15-19-4-6-20(24)7-5-19/h4-7,18,21-22,27H,8-17H2,1-3H3/p+2/t18-,21-,22-/m1/s1. The highest BCUT2D eigenvalue weighted by Crippen LogP contribution is 2.39. The summed E-state index contributed by atoms with van der Waals surface area (Å²) in [6, 6.07) is 8.21. The summed E-state index contributed by atoms with van der Waals surface area (Å²) in [4.78, 5) is 3.13. The third-order valence-electron chi connectivity index (χ3n) is 6.43. The lowest BCUT2D eigenvalue weighted by molar-refractivity contribution is -1.02. The van der Waals surface area contributed by atoms with Crippen molar-refractivity contribution in [3.05, 3.63) is 34.9 Å². The van der Waals surface area contributed by atoms with Crippen LogP contribution in [0, 0.1) is 11.3 Å². The average Bonchev–Trinajstić information content (AvgIpc) is 2.62. The highest BCUT2D eigenvalue weighted by Gasteiger charge is 2.33. The molecule has 4 nitrogen and oxygen atoms in total. The van der Waals surface area contributed by atoms with Gasteiger partial charge in [-0.05, 0) is 42.7 Å². The molecule has 2 fully saturated rings. The molecule has 158 valence electrons. The van der Waals surface area contributed by atoms with Crippen LogP contribution in [0.1, 0.15) is 45.6 Å². The van der Waals surface area contributed by atoms with Gasteiger partial charge in [-0.3, -0.25) is 0 Å². The number of hydrogen-bond acceptors (Lipinski definition) is 2. The van der Waals surface area contributed by atoms with Crippen molar-refractivity contribution in [2.24, 2.45) is 11.3 Å². The van der Waals surface area contributed by atoms with E-state index >= 15 is 0 Å². The Morgan fingerprint density at radius 1 is 1.11 bits per heavy atom. The van der Waals surface area contributed by atoms with Crippen molar-refractivity contribution >= 4 is 11.6 Å². The second kappa shape index (κ2) is 9.90. The summed E-state index contributed by atoms with van der Waals surface area (Å²) in [6.07, 6.45) is 3.49. The molecule has 3 N–H and O–H groups in total. The molecule has 0 bridgehead atoms. The Labute approximate surface area is 175 Å². The number of hydrogen-bond donors (Lipinski definition) is 3. The van der Waals surface area contributed by atoms with E-state index in [1.807, 2.05) is 12.1 Å². The van der Waals surface area contributed by atoms with Crippen molar-refractivity contribution in [3.63, 3.8) is 0 Å². The number of benzene rings is 1. The largest absolute Gasteiger partial charge is 0.385 e. The van der Waals surface area contributed by atoms with E-state index in [0.717, 1.165) is 57.1 Å². The van der Waals surface area contributed by atoms with Gasteiger partial charge in [-0.25, -0.2) is 0 Å². The minimum Gasteiger partial charge on any atom is -0.385 e. The molecule has 1 saturated carbocycles. The molecule has 0 aromatic heterocycles. The Hall–Kier alpha value is -0.650. The highest BCUT2D eigenvalue weighted by atomic mass is 35.5. The average molecular weight is 411 g/mol. The summed E-state index contributed by atoms with van der Waals surface area (Å²) in [5.74, 6) is 0.716. The van der Waals surface area contributed by atoms with E-state index in [4.69, 9.17) is 16.3 Å². The Morgan fingerprint density at radius 2 is 1.75 bits per heavy atom. The summed E-state index contributed by atoms with van der Waals surface area (Å²) in [7, 11) is 0. The van der Waals surface area contributed by atoms with Gasteiger partial charge in [0.1, 0.15) is 45.4 Å². The number of rotatable bonds is 7. The van der Waals surface area contributed by atoms with E-state index < -0.39 is 0 Å². The number of halogens is 1. The summed E-state index contributed by atoms with van der Waals surface area (Å²) in [6.45, 7) is 13.9. The topological polar surface area (TPSA) is 38.3 Å². The van der Waals surface area contributed by atoms with Gasteiger partial charge in [0.05, 0.1) is 12.7 Å². The van der Waals surface area contributed by atoms with Crippen molar-refractivity contribution in [3.8, 4) is 0 Å². The quantitative estimate of drug-likeness (QED) is 0.632. The monoisotopic (exact) mass is 410 g/mol. The van der Waals surface area contributed by atoms with Crippen molar-refractivity contribution in [1.29, 1.82) is 0 Å². The van der Waals surface area contributed by atoms with E-state index in [9.17, 15) is 5.11 Å². The lowest BCUT2D eigenvalue weighted by atomic mass is 9.71. The first kappa shape index (κ1) is 22.0. The molecule has 0 amide bonds. The van der Waals surface area contributed by atoms with E-state index in [0.29, 0.717) is 24.0 Å². The zero-order chi connectivity index (χ0) is 20.1. The van der Waals surface area contributed by atoms with Gasteiger partial charge < -0.3 is 19.6 Å². The fraction of sp³-hybridized carbons (Fsp3) is 0.739. The molecule has 3 atom stereocenters. The van der Waals surface area contributed by atoms with Crippen LogP contribution in [0.2, 0.25) is 5.02 Å². The molecule has 0 radical (unpaired) electrons. The van der Waals surface area contributed by atoms with Gasteiger partial charge in [0.15, 0.2) is 0 Å². The molecular formula is C23H39ClN2O2+2. The van der Waals surface area contributed by atoms with Crippen molar-refractivity contribution in [1.82, 2.24) is 0 Å². The number of aliphatic hydroxyl groups excluding tert-OH is 1. The summed E-state index contributed by atoms with van der Waals surface area (Å²) < 4.78 is 6.12. The molecule has 5 heteroatoms. The molecule has 1 aromatic carbocycles. The number of ether oxygens (including phenoxy) is 1. The second-order valence-electron chi connectivity index (χ2n) is 10.0. The van der Waals surface area contributed by atoms with Crippen LogP contribution in [-0.4, -0.2) is 56.6 Å². The SMILES string of the molecule is C[C@@H]1C[C@@H](OC[C@H](O)C[NH+]2CC[NH+](Cc3ccc(Cl)cc3)CC2)CC(C)(C)C1. The maximum absolute atomic E-state index is 10.5. The van der Waals surface area contributed by atoms with Crippen LogP contribution in [0.25, 0.3) is 0 Å². The van der Waals surface area contributed by atoms with Crippen LogP contribution >= 0.6 is 11.6 Å². The van der Waals surface area contributed by atoms with Crippen molar-refractivity contribution in [2.45, 2.75) is 58.8 Å². The molecule has 28 heavy (non-hydrogen) atoms. The summed E-state index contributed by atoms with van der Waals surface area (Å²) >= 11 is 5.97. The molecule has 1 heterocycles. The van der Waals surface area contributed by atoms with Crippen LogP contribution in [0.4, 0.5) is 0 Å². The third-order valence-corrected chi connectivity index (χ3v) is 6.68. The first-order valence-electron chi connectivity index (χ1n) is 11.0. The second-order valence-corrected chi connectivity index (χ2v) is 10.5. The van der Waals surface area contributed by atoms with Crippen LogP contribution in [-0.2, 0) is 11.3 Å². The van der Waals surface area contributed by atoms with Crippen LogP contribution in [0.5, 0.6) is 0 Å².